The van der Waals surface area contributed by atoms with Crippen LogP contribution in [0.25, 0.3) is 5.57 Å². The summed E-state index contributed by atoms with van der Waals surface area (Å²) < 4.78 is 5.41. The van der Waals surface area contributed by atoms with Gasteiger partial charge in [0.1, 0.15) is 5.75 Å². The number of methoxy groups -OCH3 is 1. The lowest BCUT2D eigenvalue weighted by atomic mass is 10.1. The molecule has 0 spiro atoms. The molecular formula is C21H24N2O2. The Morgan fingerprint density at radius 1 is 1.08 bits per heavy atom. The van der Waals surface area contributed by atoms with Gasteiger partial charge >= 0.3 is 0 Å². The molecule has 0 bridgehead atoms. The van der Waals surface area contributed by atoms with Crippen LogP contribution in [0.2, 0.25) is 0 Å². The SMILES string of the molecule is COc1ccccc1C(C)=CC(=O)N1CCN(C)Cc2ccccc21. The van der Waals surface area contributed by atoms with E-state index in [1.165, 1.54) is 5.56 Å². The van der Waals surface area contributed by atoms with E-state index in [0.29, 0.717) is 6.54 Å². The number of rotatable bonds is 3. The molecule has 3 rings (SSSR count). The van der Waals surface area contributed by atoms with Gasteiger partial charge in [-0.25, -0.2) is 0 Å². The lowest BCUT2D eigenvalue weighted by Crippen LogP contribution is -2.34. The number of benzene rings is 2. The molecular weight excluding hydrogens is 312 g/mol. The highest BCUT2D eigenvalue weighted by molar-refractivity contribution is 6.06. The summed E-state index contributed by atoms with van der Waals surface area (Å²) in [5.74, 6) is 0.784. The van der Waals surface area contributed by atoms with Gasteiger partial charge in [-0.1, -0.05) is 36.4 Å². The monoisotopic (exact) mass is 336 g/mol. The molecule has 1 heterocycles. The molecule has 1 aliphatic rings. The zero-order valence-corrected chi connectivity index (χ0v) is 15.0. The zero-order chi connectivity index (χ0) is 17.8. The Bertz CT molecular complexity index is 798. The molecule has 130 valence electrons. The van der Waals surface area contributed by atoms with Crippen LogP contribution in [0.3, 0.4) is 0 Å². The molecule has 4 nitrogen and oxygen atoms in total. The van der Waals surface area contributed by atoms with Crippen LogP contribution < -0.4 is 9.64 Å². The van der Waals surface area contributed by atoms with E-state index in [0.717, 1.165) is 35.7 Å². The molecule has 0 aromatic heterocycles. The Hall–Kier alpha value is -2.59. The first-order chi connectivity index (χ1) is 12.1. The van der Waals surface area contributed by atoms with E-state index in [1.807, 2.05) is 54.3 Å². The van der Waals surface area contributed by atoms with Crippen LogP contribution in [0.4, 0.5) is 5.69 Å². The number of ether oxygens (including phenoxy) is 1. The summed E-state index contributed by atoms with van der Waals surface area (Å²) in [5.41, 5.74) is 4.02. The normalized spacial score (nSPS) is 15.5. The van der Waals surface area contributed by atoms with Crippen molar-refractivity contribution in [3.8, 4) is 5.75 Å². The first-order valence-electron chi connectivity index (χ1n) is 8.50. The fourth-order valence-electron chi connectivity index (χ4n) is 3.21. The number of fused-ring (bicyclic) bond motifs is 1. The van der Waals surface area contributed by atoms with Crippen molar-refractivity contribution >= 4 is 17.2 Å². The number of carbonyl (C=O) groups excluding carboxylic acids is 1. The molecule has 4 heteroatoms. The number of para-hydroxylation sites is 2. The van der Waals surface area contributed by atoms with Gasteiger partial charge < -0.3 is 14.5 Å². The van der Waals surface area contributed by atoms with E-state index in [9.17, 15) is 4.79 Å². The highest BCUT2D eigenvalue weighted by Crippen LogP contribution is 2.28. The van der Waals surface area contributed by atoms with E-state index in [1.54, 1.807) is 13.2 Å². The average Bonchev–Trinajstić information content (AvgIpc) is 2.79. The summed E-state index contributed by atoms with van der Waals surface area (Å²) in [6, 6.07) is 15.9. The fourth-order valence-corrected chi connectivity index (χ4v) is 3.21. The van der Waals surface area contributed by atoms with E-state index in [2.05, 4.69) is 18.0 Å². The van der Waals surface area contributed by atoms with Gasteiger partial charge in [0.15, 0.2) is 0 Å². The fraction of sp³-hybridized carbons (Fsp3) is 0.286. The lowest BCUT2D eigenvalue weighted by Gasteiger charge is -2.21. The van der Waals surface area contributed by atoms with Gasteiger partial charge in [0, 0.05) is 37.0 Å². The van der Waals surface area contributed by atoms with Crippen molar-refractivity contribution in [2.24, 2.45) is 0 Å². The first kappa shape index (κ1) is 17.2. The number of nitrogens with zero attached hydrogens (tertiary/aromatic N) is 2. The summed E-state index contributed by atoms with van der Waals surface area (Å²) in [6.45, 7) is 4.34. The number of hydrogen-bond donors (Lipinski definition) is 0. The Kier molecular flexibility index (Phi) is 5.19. The van der Waals surface area contributed by atoms with Crippen LogP contribution in [0, 0.1) is 0 Å². The molecule has 0 saturated heterocycles. The van der Waals surface area contributed by atoms with Gasteiger partial charge in [-0.3, -0.25) is 4.79 Å². The molecule has 0 atom stereocenters. The van der Waals surface area contributed by atoms with Gasteiger partial charge in [-0.15, -0.1) is 0 Å². The first-order valence-corrected chi connectivity index (χ1v) is 8.50. The van der Waals surface area contributed by atoms with Gasteiger partial charge in [-0.2, -0.15) is 0 Å². The molecule has 0 saturated carbocycles. The van der Waals surface area contributed by atoms with E-state index in [-0.39, 0.29) is 5.91 Å². The summed E-state index contributed by atoms with van der Waals surface area (Å²) in [4.78, 5) is 17.1. The minimum atomic E-state index is 0.00570. The lowest BCUT2D eigenvalue weighted by molar-refractivity contribution is -0.114. The maximum atomic E-state index is 13.0. The Balaban J connectivity index is 1.92. The summed E-state index contributed by atoms with van der Waals surface area (Å²) in [7, 11) is 3.73. The standard InChI is InChI=1S/C21H24N2O2/c1-16(18-9-5-7-11-20(18)25-3)14-21(24)23-13-12-22(2)15-17-8-4-6-10-19(17)23/h4-11,14H,12-13,15H2,1-3H3. The predicted molar refractivity (Wildman–Crippen MR) is 102 cm³/mol. The third kappa shape index (κ3) is 3.74. The maximum absolute atomic E-state index is 13.0. The van der Waals surface area contributed by atoms with Crippen molar-refractivity contribution in [1.29, 1.82) is 0 Å². The van der Waals surface area contributed by atoms with Crippen molar-refractivity contribution in [2.75, 3.05) is 32.1 Å². The van der Waals surface area contributed by atoms with Crippen LogP contribution in [-0.2, 0) is 11.3 Å². The highest BCUT2D eigenvalue weighted by Gasteiger charge is 2.21. The van der Waals surface area contributed by atoms with E-state index < -0.39 is 0 Å². The quantitative estimate of drug-likeness (QED) is 0.803. The number of allylic oxidation sites excluding steroid dienone is 1. The van der Waals surface area contributed by atoms with Crippen LogP contribution in [-0.4, -0.2) is 38.1 Å². The van der Waals surface area contributed by atoms with Crippen molar-refractivity contribution in [1.82, 2.24) is 4.90 Å². The largest absolute Gasteiger partial charge is 0.496 e. The molecule has 1 aliphatic heterocycles. The van der Waals surface area contributed by atoms with Crippen molar-refractivity contribution in [2.45, 2.75) is 13.5 Å². The molecule has 0 radical (unpaired) electrons. The van der Waals surface area contributed by atoms with Gasteiger partial charge in [0.05, 0.1) is 7.11 Å². The smallest absolute Gasteiger partial charge is 0.251 e. The topological polar surface area (TPSA) is 32.8 Å². The van der Waals surface area contributed by atoms with Crippen LogP contribution in [0.15, 0.2) is 54.6 Å². The second-order valence-electron chi connectivity index (χ2n) is 6.38. The van der Waals surface area contributed by atoms with E-state index in [4.69, 9.17) is 4.74 Å². The summed E-state index contributed by atoms with van der Waals surface area (Å²) in [5, 5.41) is 0. The number of amides is 1. The number of anilines is 1. The Morgan fingerprint density at radius 3 is 2.60 bits per heavy atom. The molecule has 0 fully saturated rings. The van der Waals surface area contributed by atoms with Crippen molar-refractivity contribution in [3.05, 3.63) is 65.7 Å². The van der Waals surface area contributed by atoms with Gasteiger partial charge in [0.25, 0.3) is 5.91 Å². The zero-order valence-electron chi connectivity index (χ0n) is 15.0. The summed E-state index contributed by atoms with van der Waals surface area (Å²) in [6.07, 6.45) is 1.71. The predicted octanol–water partition coefficient (Wildman–Crippen LogP) is 3.58. The van der Waals surface area contributed by atoms with Gasteiger partial charge in [0.2, 0.25) is 0 Å². The maximum Gasteiger partial charge on any atom is 0.251 e. The minimum absolute atomic E-state index is 0.00570. The molecule has 0 N–H and O–H groups in total. The highest BCUT2D eigenvalue weighted by atomic mass is 16.5. The second kappa shape index (κ2) is 7.53. The average molecular weight is 336 g/mol. The summed E-state index contributed by atoms with van der Waals surface area (Å²) >= 11 is 0. The molecule has 0 unspecified atom stereocenters. The third-order valence-corrected chi connectivity index (χ3v) is 4.57. The number of hydrogen-bond acceptors (Lipinski definition) is 3. The van der Waals surface area contributed by atoms with Crippen molar-refractivity contribution in [3.63, 3.8) is 0 Å². The van der Waals surface area contributed by atoms with E-state index >= 15 is 0 Å². The molecule has 2 aromatic carbocycles. The van der Waals surface area contributed by atoms with Gasteiger partial charge in [-0.05, 0) is 37.2 Å². The molecule has 25 heavy (non-hydrogen) atoms. The van der Waals surface area contributed by atoms with Crippen LogP contribution in [0.5, 0.6) is 5.75 Å². The second-order valence-corrected chi connectivity index (χ2v) is 6.38. The Morgan fingerprint density at radius 2 is 1.80 bits per heavy atom. The van der Waals surface area contributed by atoms with Crippen molar-refractivity contribution < 1.29 is 9.53 Å². The third-order valence-electron chi connectivity index (χ3n) is 4.57. The molecule has 1 amide bonds. The number of likely N-dealkylation sites (N-methyl/N-ethyl adjacent to an activating group) is 1. The molecule has 0 aliphatic carbocycles. The van der Waals surface area contributed by atoms with Crippen LogP contribution in [0.1, 0.15) is 18.1 Å². The van der Waals surface area contributed by atoms with Crippen LogP contribution >= 0.6 is 0 Å². The molecule has 2 aromatic rings. The number of carbonyl (C=O) groups is 1. The Labute approximate surface area is 149 Å². The minimum Gasteiger partial charge on any atom is -0.496 e.